The van der Waals surface area contributed by atoms with Crippen LogP contribution >= 0.6 is 0 Å². The van der Waals surface area contributed by atoms with E-state index in [1.54, 1.807) is 0 Å². The Morgan fingerprint density at radius 3 is 2.17 bits per heavy atom. The molecular formula is C23H29FN2O3S. The number of hydrogen-bond donors (Lipinski definition) is 1. The van der Waals surface area contributed by atoms with Crippen LogP contribution in [-0.2, 0) is 21.4 Å². The minimum absolute atomic E-state index is 0.0291. The van der Waals surface area contributed by atoms with E-state index in [9.17, 15) is 17.6 Å². The molecule has 0 aliphatic heterocycles. The van der Waals surface area contributed by atoms with Crippen LogP contribution in [0.1, 0.15) is 50.5 Å². The normalized spacial score (nSPS) is 16.1. The van der Waals surface area contributed by atoms with Gasteiger partial charge in [-0.25, -0.2) is 12.8 Å². The second-order valence-electron chi connectivity index (χ2n) is 7.82. The predicted molar refractivity (Wildman–Crippen MR) is 115 cm³/mol. The van der Waals surface area contributed by atoms with Crippen LogP contribution in [0.5, 0.6) is 0 Å². The van der Waals surface area contributed by atoms with Crippen LogP contribution in [0.25, 0.3) is 0 Å². The number of hydrogen-bond acceptors (Lipinski definition) is 3. The summed E-state index contributed by atoms with van der Waals surface area (Å²) in [5, 5.41) is 3.03. The molecule has 7 heteroatoms. The van der Waals surface area contributed by atoms with Crippen molar-refractivity contribution in [3.8, 4) is 0 Å². The second-order valence-corrected chi connectivity index (χ2v) is 9.76. The van der Waals surface area contributed by atoms with E-state index in [0.29, 0.717) is 0 Å². The maximum atomic E-state index is 13.3. The van der Waals surface area contributed by atoms with E-state index in [4.69, 9.17) is 0 Å². The third-order valence-corrected chi connectivity index (χ3v) is 7.25. The van der Waals surface area contributed by atoms with Gasteiger partial charge in [0.15, 0.2) is 0 Å². The number of carbonyl (C=O) groups is 1. The number of amides is 1. The average Bonchev–Trinajstić information content (AvgIpc) is 2.70. The Labute approximate surface area is 178 Å². The summed E-state index contributed by atoms with van der Waals surface area (Å²) in [6, 6.07) is 13.9. The number of sulfonamides is 1. The third kappa shape index (κ3) is 6.37. The van der Waals surface area contributed by atoms with E-state index in [2.05, 4.69) is 5.32 Å². The van der Waals surface area contributed by atoms with Gasteiger partial charge in [-0.3, -0.25) is 4.79 Å². The Hall–Kier alpha value is -2.25. The molecule has 2 aromatic carbocycles. The van der Waals surface area contributed by atoms with Gasteiger partial charge < -0.3 is 5.32 Å². The molecule has 5 nitrogen and oxygen atoms in total. The monoisotopic (exact) mass is 432 g/mol. The van der Waals surface area contributed by atoms with Crippen LogP contribution in [0.15, 0.2) is 59.5 Å². The lowest BCUT2D eigenvalue weighted by atomic mass is 9.97. The molecule has 0 aromatic heterocycles. The standard InChI is InChI=1S/C23H29FN2O3S/c24-20-13-15-22(16-14-20)30(28,29)26(17-19-9-5-4-6-10-19)18-23(27)25-21-11-7-2-1-3-8-12-21/h4-6,9-10,13-16,21H,1-3,7-8,11-12,17-18H2,(H,25,27). The van der Waals surface area contributed by atoms with Crippen LogP contribution < -0.4 is 5.32 Å². The van der Waals surface area contributed by atoms with E-state index in [1.807, 2.05) is 30.3 Å². The summed E-state index contributed by atoms with van der Waals surface area (Å²) in [7, 11) is -3.96. The quantitative estimate of drug-likeness (QED) is 0.711. The van der Waals surface area contributed by atoms with Gasteiger partial charge in [0.1, 0.15) is 5.82 Å². The van der Waals surface area contributed by atoms with E-state index in [-0.39, 0.29) is 29.9 Å². The van der Waals surface area contributed by atoms with Crippen molar-refractivity contribution in [1.82, 2.24) is 9.62 Å². The molecule has 1 aliphatic rings. The van der Waals surface area contributed by atoms with Crippen molar-refractivity contribution in [1.29, 1.82) is 0 Å². The molecule has 0 bridgehead atoms. The predicted octanol–water partition coefficient (Wildman–Crippen LogP) is 4.25. The Kier molecular flexibility index (Phi) is 7.99. The second kappa shape index (κ2) is 10.7. The van der Waals surface area contributed by atoms with Crippen LogP contribution in [0, 0.1) is 5.82 Å². The first-order chi connectivity index (χ1) is 14.4. The van der Waals surface area contributed by atoms with Gasteiger partial charge in [-0.1, -0.05) is 62.4 Å². The topological polar surface area (TPSA) is 66.5 Å². The zero-order valence-electron chi connectivity index (χ0n) is 17.1. The maximum Gasteiger partial charge on any atom is 0.243 e. The summed E-state index contributed by atoms with van der Waals surface area (Å²) in [5.74, 6) is -0.812. The largest absolute Gasteiger partial charge is 0.352 e. The molecule has 0 radical (unpaired) electrons. The molecule has 1 N–H and O–H groups in total. The van der Waals surface area contributed by atoms with Crippen LogP contribution in [-0.4, -0.2) is 31.2 Å². The Bertz CT molecular complexity index is 909. The fraction of sp³-hybridized carbons (Fsp3) is 0.435. The zero-order chi connectivity index (χ0) is 21.4. The molecular weight excluding hydrogens is 403 g/mol. The molecule has 1 fully saturated rings. The van der Waals surface area contributed by atoms with Gasteiger partial charge in [-0.05, 0) is 42.7 Å². The minimum atomic E-state index is -3.96. The molecule has 0 atom stereocenters. The van der Waals surface area contributed by atoms with E-state index in [0.717, 1.165) is 47.7 Å². The average molecular weight is 433 g/mol. The van der Waals surface area contributed by atoms with Crippen molar-refractivity contribution in [3.05, 3.63) is 66.0 Å². The van der Waals surface area contributed by atoms with E-state index < -0.39 is 15.8 Å². The van der Waals surface area contributed by atoms with Gasteiger partial charge >= 0.3 is 0 Å². The van der Waals surface area contributed by atoms with E-state index in [1.165, 1.54) is 31.4 Å². The van der Waals surface area contributed by atoms with Crippen molar-refractivity contribution in [2.75, 3.05) is 6.54 Å². The van der Waals surface area contributed by atoms with Crippen molar-refractivity contribution in [3.63, 3.8) is 0 Å². The van der Waals surface area contributed by atoms with Crippen molar-refractivity contribution in [2.24, 2.45) is 0 Å². The number of rotatable bonds is 7. The highest BCUT2D eigenvalue weighted by molar-refractivity contribution is 7.89. The highest BCUT2D eigenvalue weighted by atomic mass is 32.2. The van der Waals surface area contributed by atoms with Crippen LogP contribution in [0.4, 0.5) is 4.39 Å². The van der Waals surface area contributed by atoms with Gasteiger partial charge in [0.25, 0.3) is 0 Å². The van der Waals surface area contributed by atoms with Crippen molar-refractivity contribution < 1.29 is 17.6 Å². The molecule has 0 saturated heterocycles. The molecule has 1 saturated carbocycles. The molecule has 1 amide bonds. The number of benzene rings is 2. The Morgan fingerprint density at radius 2 is 1.53 bits per heavy atom. The van der Waals surface area contributed by atoms with Crippen molar-refractivity contribution in [2.45, 2.75) is 62.4 Å². The molecule has 30 heavy (non-hydrogen) atoms. The summed E-state index contributed by atoms with van der Waals surface area (Å²) in [6.45, 7) is -0.205. The van der Waals surface area contributed by atoms with Gasteiger partial charge in [-0.15, -0.1) is 0 Å². The molecule has 3 rings (SSSR count). The van der Waals surface area contributed by atoms with Gasteiger partial charge in [0.05, 0.1) is 11.4 Å². The lowest BCUT2D eigenvalue weighted by Crippen LogP contribution is -2.44. The fourth-order valence-corrected chi connectivity index (χ4v) is 5.19. The first-order valence-electron chi connectivity index (χ1n) is 10.5. The number of nitrogens with zero attached hydrogens (tertiary/aromatic N) is 1. The molecule has 0 spiro atoms. The summed E-state index contributed by atoms with van der Waals surface area (Å²) in [4.78, 5) is 12.7. The number of nitrogens with one attached hydrogen (secondary N) is 1. The summed E-state index contributed by atoms with van der Waals surface area (Å²) in [5.41, 5.74) is 0.780. The minimum Gasteiger partial charge on any atom is -0.352 e. The summed E-state index contributed by atoms with van der Waals surface area (Å²) in [6.07, 6.45) is 7.59. The summed E-state index contributed by atoms with van der Waals surface area (Å²) < 4.78 is 40.8. The maximum absolute atomic E-state index is 13.3. The van der Waals surface area contributed by atoms with E-state index >= 15 is 0 Å². The van der Waals surface area contributed by atoms with Gasteiger partial charge in [-0.2, -0.15) is 4.31 Å². The SMILES string of the molecule is O=C(CN(Cc1ccccc1)S(=O)(=O)c1ccc(F)cc1)NC1CCCCCCC1. The number of carbonyl (C=O) groups excluding carboxylic acids is 1. The lowest BCUT2D eigenvalue weighted by molar-refractivity contribution is -0.122. The highest BCUT2D eigenvalue weighted by Gasteiger charge is 2.27. The fourth-order valence-electron chi connectivity index (χ4n) is 3.80. The molecule has 2 aromatic rings. The smallest absolute Gasteiger partial charge is 0.243 e. The zero-order valence-corrected chi connectivity index (χ0v) is 17.9. The van der Waals surface area contributed by atoms with Crippen molar-refractivity contribution >= 4 is 15.9 Å². The molecule has 0 unspecified atom stereocenters. The first-order valence-corrected chi connectivity index (χ1v) is 12.0. The molecule has 0 heterocycles. The molecule has 162 valence electrons. The third-order valence-electron chi connectivity index (χ3n) is 5.44. The highest BCUT2D eigenvalue weighted by Crippen LogP contribution is 2.20. The van der Waals surface area contributed by atoms with Gasteiger partial charge in [0.2, 0.25) is 15.9 Å². The Morgan fingerprint density at radius 1 is 0.933 bits per heavy atom. The Balaban J connectivity index is 1.76. The molecule has 1 aliphatic carbocycles. The number of halogens is 1. The van der Waals surface area contributed by atoms with Crippen LogP contribution in [0.3, 0.4) is 0 Å². The first kappa shape index (κ1) is 22.4. The lowest BCUT2D eigenvalue weighted by Gasteiger charge is -2.25. The van der Waals surface area contributed by atoms with Gasteiger partial charge in [0, 0.05) is 12.6 Å². The van der Waals surface area contributed by atoms with Crippen LogP contribution in [0.2, 0.25) is 0 Å². The summed E-state index contributed by atoms with van der Waals surface area (Å²) >= 11 is 0.